The lowest BCUT2D eigenvalue weighted by atomic mass is 10.1. The van der Waals surface area contributed by atoms with E-state index in [1.54, 1.807) is 7.05 Å². The molecule has 0 aliphatic carbocycles. The second kappa shape index (κ2) is 8.25. The molecule has 0 unspecified atom stereocenters. The fraction of sp³-hybridized carbons (Fsp3) is 0.462. The van der Waals surface area contributed by atoms with Gasteiger partial charge in [-0.3, -0.25) is 4.79 Å². The van der Waals surface area contributed by atoms with Crippen LogP contribution in [0.5, 0.6) is 0 Å². The van der Waals surface area contributed by atoms with Gasteiger partial charge in [-0.2, -0.15) is 0 Å². The highest BCUT2D eigenvalue weighted by atomic mass is 32.1. The van der Waals surface area contributed by atoms with E-state index in [9.17, 15) is 14.4 Å². The molecule has 1 rings (SSSR count). The van der Waals surface area contributed by atoms with Crippen LogP contribution in [-0.4, -0.2) is 48.2 Å². The summed E-state index contributed by atoms with van der Waals surface area (Å²) in [4.78, 5) is 36.4. The van der Waals surface area contributed by atoms with Crippen LogP contribution in [-0.2, 0) is 20.9 Å². The third kappa shape index (κ3) is 5.82. The Balaban J connectivity index is 2.51. The van der Waals surface area contributed by atoms with Crippen LogP contribution in [0.2, 0.25) is 0 Å². The van der Waals surface area contributed by atoms with Gasteiger partial charge in [0, 0.05) is 18.3 Å². The van der Waals surface area contributed by atoms with Crippen molar-refractivity contribution in [1.82, 2.24) is 10.2 Å². The van der Waals surface area contributed by atoms with Crippen LogP contribution in [0.1, 0.15) is 17.7 Å². The summed E-state index contributed by atoms with van der Waals surface area (Å²) in [6, 6.07) is 2.14. The molecule has 0 saturated heterocycles. The van der Waals surface area contributed by atoms with E-state index in [2.05, 4.69) is 10.1 Å². The minimum absolute atomic E-state index is 0.0133. The highest BCUT2D eigenvalue weighted by molar-refractivity contribution is 7.09. The predicted molar refractivity (Wildman–Crippen MR) is 77.0 cm³/mol. The average Bonchev–Trinajstić information content (AvgIpc) is 2.95. The summed E-state index contributed by atoms with van der Waals surface area (Å²) < 4.78 is 4.45. The number of rotatable bonds is 7. The van der Waals surface area contributed by atoms with Crippen molar-refractivity contribution in [3.8, 4) is 0 Å². The topological polar surface area (TPSA) is 95.9 Å². The lowest BCUT2D eigenvalue weighted by Gasteiger charge is -2.20. The summed E-state index contributed by atoms with van der Waals surface area (Å²) in [6.45, 7) is 0.396. The van der Waals surface area contributed by atoms with E-state index >= 15 is 0 Å². The highest BCUT2D eigenvalue weighted by Crippen LogP contribution is 2.11. The Morgan fingerprint density at radius 2 is 2.19 bits per heavy atom. The number of ether oxygens (including phenoxy) is 1. The maximum Gasteiger partial charge on any atom is 0.326 e. The van der Waals surface area contributed by atoms with E-state index in [-0.39, 0.29) is 12.8 Å². The molecule has 21 heavy (non-hydrogen) atoms. The SMILES string of the molecule is COC(=O)CC[C@H](NC(=O)N(C)Cc1cccs1)C(=O)O. The van der Waals surface area contributed by atoms with Gasteiger partial charge in [0.1, 0.15) is 6.04 Å². The second-order valence-electron chi connectivity index (χ2n) is 4.39. The van der Waals surface area contributed by atoms with Crippen LogP contribution in [0, 0.1) is 0 Å². The van der Waals surface area contributed by atoms with Crippen molar-refractivity contribution in [2.75, 3.05) is 14.2 Å². The monoisotopic (exact) mass is 314 g/mol. The number of nitrogens with one attached hydrogen (secondary N) is 1. The first kappa shape index (κ1) is 17.0. The fourth-order valence-electron chi connectivity index (χ4n) is 1.59. The van der Waals surface area contributed by atoms with E-state index in [0.717, 1.165) is 4.88 Å². The second-order valence-corrected chi connectivity index (χ2v) is 5.42. The van der Waals surface area contributed by atoms with E-state index < -0.39 is 24.0 Å². The van der Waals surface area contributed by atoms with Gasteiger partial charge in [-0.05, 0) is 17.9 Å². The smallest absolute Gasteiger partial charge is 0.326 e. The number of methoxy groups -OCH3 is 1. The van der Waals surface area contributed by atoms with Crippen molar-refractivity contribution < 1.29 is 24.2 Å². The van der Waals surface area contributed by atoms with E-state index in [1.807, 2.05) is 17.5 Å². The number of aliphatic carboxylic acids is 1. The zero-order valence-corrected chi connectivity index (χ0v) is 12.7. The maximum atomic E-state index is 11.9. The van der Waals surface area contributed by atoms with Crippen molar-refractivity contribution in [2.45, 2.75) is 25.4 Å². The van der Waals surface area contributed by atoms with Gasteiger partial charge in [0.05, 0.1) is 13.7 Å². The molecule has 2 amide bonds. The highest BCUT2D eigenvalue weighted by Gasteiger charge is 2.22. The summed E-state index contributed by atoms with van der Waals surface area (Å²) in [5.74, 6) is -1.70. The van der Waals surface area contributed by atoms with E-state index in [0.29, 0.717) is 6.54 Å². The van der Waals surface area contributed by atoms with Crippen molar-refractivity contribution in [3.05, 3.63) is 22.4 Å². The molecule has 0 fully saturated rings. The molecule has 0 spiro atoms. The lowest BCUT2D eigenvalue weighted by molar-refractivity contribution is -0.142. The molecule has 1 atom stereocenters. The van der Waals surface area contributed by atoms with Gasteiger partial charge >= 0.3 is 18.0 Å². The Morgan fingerprint density at radius 1 is 1.48 bits per heavy atom. The van der Waals surface area contributed by atoms with Crippen LogP contribution in [0.3, 0.4) is 0 Å². The summed E-state index contributed by atoms with van der Waals surface area (Å²) in [5, 5.41) is 13.4. The van der Waals surface area contributed by atoms with E-state index in [4.69, 9.17) is 5.11 Å². The first-order chi connectivity index (χ1) is 9.93. The quantitative estimate of drug-likeness (QED) is 0.739. The maximum absolute atomic E-state index is 11.9. The lowest BCUT2D eigenvalue weighted by Crippen LogP contribution is -2.46. The Kier molecular flexibility index (Phi) is 6.67. The molecular formula is C13H18N2O5S. The molecule has 116 valence electrons. The van der Waals surface area contributed by atoms with Crippen LogP contribution in [0.15, 0.2) is 17.5 Å². The van der Waals surface area contributed by atoms with Crippen LogP contribution >= 0.6 is 11.3 Å². The zero-order chi connectivity index (χ0) is 15.8. The Hall–Kier alpha value is -2.09. The number of carboxylic acid groups (broad SMARTS) is 1. The third-order valence-corrected chi connectivity index (χ3v) is 3.64. The van der Waals surface area contributed by atoms with Crippen molar-refractivity contribution >= 4 is 29.3 Å². The molecule has 1 aromatic heterocycles. The van der Waals surface area contributed by atoms with Gasteiger partial charge in [-0.15, -0.1) is 11.3 Å². The Morgan fingerprint density at radius 3 is 2.71 bits per heavy atom. The molecule has 7 nitrogen and oxygen atoms in total. The van der Waals surface area contributed by atoms with Crippen molar-refractivity contribution in [3.63, 3.8) is 0 Å². The van der Waals surface area contributed by atoms with Crippen molar-refractivity contribution in [1.29, 1.82) is 0 Å². The normalized spacial score (nSPS) is 11.5. The molecule has 1 aromatic rings. The molecule has 0 radical (unpaired) electrons. The first-order valence-corrected chi connectivity index (χ1v) is 7.15. The number of carbonyl (C=O) groups excluding carboxylic acids is 2. The van der Waals surface area contributed by atoms with Gasteiger partial charge in [0.15, 0.2) is 0 Å². The molecule has 0 aliphatic heterocycles. The van der Waals surface area contributed by atoms with Gasteiger partial charge in [-0.25, -0.2) is 9.59 Å². The number of carbonyl (C=O) groups is 3. The zero-order valence-electron chi connectivity index (χ0n) is 11.9. The van der Waals surface area contributed by atoms with E-state index in [1.165, 1.54) is 23.3 Å². The fourth-order valence-corrected chi connectivity index (χ4v) is 2.35. The number of hydrogen-bond donors (Lipinski definition) is 2. The molecule has 8 heteroatoms. The third-order valence-electron chi connectivity index (χ3n) is 2.78. The number of esters is 1. The molecule has 0 saturated carbocycles. The van der Waals surface area contributed by atoms with Gasteiger partial charge in [0.2, 0.25) is 0 Å². The largest absolute Gasteiger partial charge is 0.480 e. The molecule has 0 bridgehead atoms. The summed E-state index contributed by atoms with van der Waals surface area (Å²) in [5.41, 5.74) is 0. The molecule has 1 heterocycles. The summed E-state index contributed by atoms with van der Waals surface area (Å²) in [7, 11) is 2.81. The number of carboxylic acids is 1. The number of hydrogen-bond acceptors (Lipinski definition) is 5. The Labute approximate surface area is 126 Å². The Bertz CT molecular complexity index is 489. The minimum Gasteiger partial charge on any atom is -0.480 e. The van der Waals surface area contributed by atoms with Gasteiger partial charge in [0.25, 0.3) is 0 Å². The minimum atomic E-state index is -1.18. The van der Waals surface area contributed by atoms with Crippen LogP contribution < -0.4 is 5.32 Å². The van der Waals surface area contributed by atoms with Crippen LogP contribution in [0.4, 0.5) is 4.79 Å². The molecule has 0 aliphatic rings. The average molecular weight is 314 g/mol. The number of nitrogens with zero attached hydrogens (tertiary/aromatic N) is 1. The molecule has 2 N–H and O–H groups in total. The predicted octanol–water partition coefficient (Wildman–Crippen LogP) is 1.30. The van der Waals surface area contributed by atoms with Gasteiger partial charge < -0.3 is 20.1 Å². The summed E-state index contributed by atoms with van der Waals surface area (Å²) in [6.07, 6.45) is -0.0804. The standard InChI is InChI=1S/C13H18N2O5S/c1-15(8-9-4-3-7-21-9)13(19)14-10(12(17)18)5-6-11(16)20-2/h3-4,7,10H,5-6,8H2,1-2H3,(H,14,19)(H,17,18)/t10-/m0/s1. The summed E-state index contributed by atoms with van der Waals surface area (Å²) >= 11 is 1.51. The van der Waals surface area contributed by atoms with Crippen molar-refractivity contribution in [2.24, 2.45) is 0 Å². The number of urea groups is 1. The van der Waals surface area contributed by atoms with Gasteiger partial charge in [-0.1, -0.05) is 6.07 Å². The number of amides is 2. The number of thiophene rings is 1. The molecule has 0 aromatic carbocycles. The van der Waals surface area contributed by atoms with Crippen LogP contribution in [0.25, 0.3) is 0 Å². The first-order valence-electron chi connectivity index (χ1n) is 6.27. The molecular weight excluding hydrogens is 296 g/mol.